The van der Waals surface area contributed by atoms with Crippen LogP contribution in [0.15, 0.2) is 60.7 Å². The molecule has 0 aromatic heterocycles. The average Bonchev–Trinajstić information content (AvgIpc) is 3.02. The van der Waals surface area contributed by atoms with Crippen LogP contribution in [0.4, 0.5) is 4.79 Å². The molecule has 2 atom stereocenters. The predicted molar refractivity (Wildman–Crippen MR) is 172 cm³/mol. The molecule has 3 aromatic carbocycles. The van der Waals surface area contributed by atoms with Crippen LogP contribution in [0.2, 0.25) is 5.02 Å². The monoisotopic (exact) mass is 605 g/mol. The van der Waals surface area contributed by atoms with E-state index >= 15 is 0 Å². The van der Waals surface area contributed by atoms with E-state index in [2.05, 4.69) is 35.8 Å². The van der Waals surface area contributed by atoms with Gasteiger partial charge in [-0.15, -0.1) is 0 Å². The SMILES string of the molecule is CCc1cccc(-c2c(Cl)cccc2[C@](O)(CCCNC(=O)OC)[C@@H]2CCCN(C(=O)c3ccc(CNC)cc3C)C2)c1. The molecule has 0 radical (unpaired) electrons. The molecule has 0 aliphatic carbocycles. The molecule has 1 aliphatic rings. The lowest BCUT2D eigenvalue weighted by Gasteiger charge is -2.44. The number of ether oxygens (including phenoxy) is 1. The quantitative estimate of drug-likeness (QED) is 0.218. The second-order valence-corrected chi connectivity index (χ2v) is 11.8. The van der Waals surface area contributed by atoms with Gasteiger partial charge in [-0.05, 0) is 86.0 Å². The van der Waals surface area contributed by atoms with E-state index in [9.17, 15) is 14.7 Å². The zero-order valence-electron chi connectivity index (χ0n) is 25.7. The molecule has 3 N–H and O–H groups in total. The minimum Gasteiger partial charge on any atom is -0.453 e. The number of halogens is 1. The summed E-state index contributed by atoms with van der Waals surface area (Å²) in [6, 6.07) is 19.9. The Bertz CT molecular complexity index is 1430. The lowest BCUT2D eigenvalue weighted by molar-refractivity contribution is -0.0563. The molecule has 0 saturated carbocycles. The summed E-state index contributed by atoms with van der Waals surface area (Å²) in [5.41, 5.74) is 5.14. The number of carbonyl (C=O) groups is 2. The number of carbonyl (C=O) groups excluding carboxylic acids is 2. The van der Waals surface area contributed by atoms with Crippen LogP contribution in [0.25, 0.3) is 11.1 Å². The summed E-state index contributed by atoms with van der Waals surface area (Å²) < 4.78 is 4.73. The molecule has 230 valence electrons. The van der Waals surface area contributed by atoms with E-state index in [1.165, 1.54) is 12.7 Å². The van der Waals surface area contributed by atoms with E-state index in [0.29, 0.717) is 43.1 Å². The highest BCUT2D eigenvalue weighted by atomic mass is 35.5. The molecule has 1 saturated heterocycles. The van der Waals surface area contributed by atoms with Gasteiger partial charge in [0.15, 0.2) is 0 Å². The van der Waals surface area contributed by atoms with Crippen molar-refractivity contribution in [1.29, 1.82) is 0 Å². The first-order valence-corrected chi connectivity index (χ1v) is 15.6. The van der Waals surface area contributed by atoms with Crippen molar-refractivity contribution < 1.29 is 19.4 Å². The van der Waals surface area contributed by atoms with Gasteiger partial charge in [0.05, 0.1) is 12.7 Å². The van der Waals surface area contributed by atoms with Crippen LogP contribution in [-0.4, -0.2) is 55.8 Å². The van der Waals surface area contributed by atoms with Crippen molar-refractivity contribution in [2.75, 3.05) is 33.8 Å². The third-order valence-electron chi connectivity index (χ3n) is 8.58. The molecule has 43 heavy (non-hydrogen) atoms. The van der Waals surface area contributed by atoms with E-state index in [-0.39, 0.29) is 11.8 Å². The number of likely N-dealkylation sites (tertiary alicyclic amines) is 1. The fourth-order valence-electron chi connectivity index (χ4n) is 6.31. The van der Waals surface area contributed by atoms with Gasteiger partial charge in [-0.2, -0.15) is 0 Å². The summed E-state index contributed by atoms with van der Waals surface area (Å²) in [6.45, 7) is 6.22. The molecule has 0 unspecified atom stereocenters. The number of rotatable bonds is 11. The van der Waals surface area contributed by atoms with Crippen molar-refractivity contribution in [3.05, 3.63) is 93.5 Å². The first-order chi connectivity index (χ1) is 20.7. The van der Waals surface area contributed by atoms with Gasteiger partial charge in [0.2, 0.25) is 0 Å². The van der Waals surface area contributed by atoms with Crippen molar-refractivity contribution in [3.8, 4) is 11.1 Å². The van der Waals surface area contributed by atoms with Crippen LogP contribution in [0.1, 0.15) is 65.2 Å². The molecular formula is C35H44ClN3O4. The molecule has 1 heterocycles. The number of hydrogen-bond acceptors (Lipinski definition) is 5. The number of alkyl carbamates (subject to hydrolysis) is 1. The Balaban J connectivity index is 1.70. The lowest BCUT2D eigenvalue weighted by Crippen LogP contribution is -2.48. The molecular weight excluding hydrogens is 562 g/mol. The van der Waals surface area contributed by atoms with Crippen LogP contribution >= 0.6 is 11.6 Å². The van der Waals surface area contributed by atoms with Gasteiger partial charge in [-0.3, -0.25) is 4.79 Å². The van der Waals surface area contributed by atoms with Crippen molar-refractivity contribution >= 4 is 23.6 Å². The Kier molecular flexibility index (Phi) is 11.2. The molecule has 7 nitrogen and oxygen atoms in total. The average molecular weight is 606 g/mol. The highest BCUT2D eigenvalue weighted by Crippen LogP contribution is 2.45. The largest absolute Gasteiger partial charge is 0.453 e. The lowest BCUT2D eigenvalue weighted by atomic mass is 9.72. The zero-order chi connectivity index (χ0) is 31.0. The first-order valence-electron chi connectivity index (χ1n) is 15.2. The van der Waals surface area contributed by atoms with Crippen molar-refractivity contribution in [2.45, 2.75) is 58.1 Å². The normalized spacial score (nSPS) is 16.4. The fourth-order valence-corrected chi connectivity index (χ4v) is 6.59. The molecule has 0 bridgehead atoms. The third-order valence-corrected chi connectivity index (χ3v) is 8.89. The summed E-state index contributed by atoms with van der Waals surface area (Å²) in [4.78, 5) is 27.4. The van der Waals surface area contributed by atoms with Gasteiger partial charge in [0, 0.05) is 48.2 Å². The van der Waals surface area contributed by atoms with Crippen LogP contribution in [0.5, 0.6) is 0 Å². The second-order valence-electron chi connectivity index (χ2n) is 11.4. The van der Waals surface area contributed by atoms with Gasteiger partial charge >= 0.3 is 6.09 Å². The highest BCUT2D eigenvalue weighted by Gasteiger charge is 2.43. The molecule has 8 heteroatoms. The minimum atomic E-state index is -1.30. The maximum absolute atomic E-state index is 13.8. The van der Waals surface area contributed by atoms with Gasteiger partial charge in [0.25, 0.3) is 5.91 Å². The zero-order valence-corrected chi connectivity index (χ0v) is 26.5. The van der Waals surface area contributed by atoms with Crippen molar-refractivity contribution in [2.24, 2.45) is 5.92 Å². The minimum absolute atomic E-state index is 0.0186. The topological polar surface area (TPSA) is 90.9 Å². The second kappa shape index (κ2) is 14.9. The summed E-state index contributed by atoms with van der Waals surface area (Å²) in [6.07, 6.45) is 2.80. The number of aliphatic hydroxyl groups is 1. The van der Waals surface area contributed by atoms with E-state index in [0.717, 1.165) is 53.6 Å². The number of benzene rings is 3. The van der Waals surface area contributed by atoms with Crippen molar-refractivity contribution in [3.63, 3.8) is 0 Å². The Hall–Kier alpha value is -3.39. The summed E-state index contributed by atoms with van der Waals surface area (Å²) in [5.74, 6) is -0.256. The maximum Gasteiger partial charge on any atom is 0.406 e. The first kappa shape index (κ1) is 32.5. The molecule has 1 fully saturated rings. The number of aryl methyl sites for hydroxylation is 2. The van der Waals surface area contributed by atoms with Gasteiger partial charge in [-0.25, -0.2) is 4.79 Å². The molecule has 1 aliphatic heterocycles. The van der Waals surface area contributed by atoms with Crippen LogP contribution in [0, 0.1) is 12.8 Å². The van der Waals surface area contributed by atoms with Crippen LogP contribution < -0.4 is 10.6 Å². The Morgan fingerprint density at radius 2 is 1.91 bits per heavy atom. The Morgan fingerprint density at radius 1 is 1.12 bits per heavy atom. The molecule has 4 rings (SSSR count). The maximum atomic E-state index is 13.8. The summed E-state index contributed by atoms with van der Waals surface area (Å²) in [7, 11) is 3.23. The highest BCUT2D eigenvalue weighted by molar-refractivity contribution is 6.33. The Morgan fingerprint density at radius 3 is 2.63 bits per heavy atom. The van der Waals surface area contributed by atoms with Gasteiger partial charge in [-0.1, -0.05) is 67.1 Å². The summed E-state index contributed by atoms with van der Waals surface area (Å²) >= 11 is 6.88. The van der Waals surface area contributed by atoms with Crippen LogP contribution in [-0.2, 0) is 23.3 Å². The number of nitrogens with one attached hydrogen (secondary N) is 2. The molecule has 2 amide bonds. The Labute approximate surface area is 260 Å². The standard InChI is InChI=1S/C35H44ClN3O4/c1-5-25-10-6-11-27(21-25)32-30(13-7-14-31(32)36)35(42,17-9-18-38-34(41)43-4)28-12-8-19-39(23-28)33(40)29-16-15-26(22-37-3)20-24(29)2/h6-7,10-11,13-16,20-21,28,37,42H,5,8-9,12,17-19,22-23H2,1-4H3,(H,38,41)/t28-,35+/m1/s1. The van der Waals surface area contributed by atoms with E-state index in [1.807, 2.05) is 61.3 Å². The van der Waals surface area contributed by atoms with Crippen LogP contribution in [0.3, 0.4) is 0 Å². The number of nitrogens with zero attached hydrogens (tertiary/aromatic N) is 1. The number of methoxy groups -OCH3 is 1. The van der Waals surface area contributed by atoms with Gasteiger partial charge < -0.3 is 25.4 Å². The molecule has 0 spiro atoms. The van der Waals surface area contributed by atoms with Crippen molar-refractivity contribution in [1.82, 2.24) is 15.5 Å². The number of hydrogen-bond donors (Lipinski definition) is 3. The van der Waals surface area contributed by atoms with E-state index < -0.39 is 11.7 Å². The number of piperidine rings is 1. The predicted octanol–water partition coefficient (Wildman–Crippen LogP) is 6.47. The number of amides is 2. The molecule has 3 aromatic rings. The fraction of sp³-hybridized carbons (Fsp3) is 0.429. The van der Waals surface area contributed by atoms with E-state index in [1.54, 1.807) is 0 Å². The third kappa shape index (κ3) is 7.58. The van der Waals surface area contributed by atoms with Gasteiger partial charge in [0.1, 0.15) is 0 Å². The summed E-state index contributed by atoms with van der Waals surface area (Å²) in [5, 5.41) is 19.3. The van der Waals surface area contributed by atoms with E-state index in [4.69, 9.17) is 16.3 Å². The smallest absolute Gasteiger partial charge is 0.406 e.